The van der Waals surface area contributed by atoms with Gasteiger partial charge >= 0.3 is 0 Å². The van der Waals surface area contributed by atoms with Crippen molar-refractivity contribution in [2.45, 2.75) is 12.3 Å². The quantitative estimate of drug-likeness (QED) is 0.807. The molecule has 1 unspecified atom stereocenters. The van der Waals surface area contributed by atoms with Crippen LogP contribution in [0.4, 0.5) is 0 Å². The fourth-order valence-corrected chi connectivity index (χ4v) is 2.60. The molecule has 0 spiro atoms. The van der Waals surface area contributed by atoms with Crippen molar-refractivity contribution < 1.29 is 14.3 Å². The Kier molecular flexibility index (Phi) is 3.61. The van der Waals surface area contributed by atoms with Crippen molar-refractivity contribution in [3.05, 3.63) is 58.6 Å². The molecule has 1 aliphatic rings. The Morgan fingerprint density at radius 2 is 1.95 bits per heavy atom. The summed E-state index contributed by atoms with van der Waals surface area (Å²) in [6, 6.07) is 13.1. The lowest BCUT2D eigenvalue weighted by atomic mass is 9.93. The van der Waals surface area contributed by atoms with Gasteiger partial charge in [0.1, 0.15) is 6.29 Å². The van der Waals surface area contributed by atoms with E-state index in [2.05, 4.69) is 0 Å². The van der Waals surface area contributed by atoms with Crippen molar-refractivity contribution in [3.63, 3.8) is 0 Å². The van der Waals surface area contributed by atoms with Gasteiger partial charge in [-0.25, -0.2) is 0 Å². The number of rotatable bonds is 4. The zero-order chi connectivity index (χ0) is 13.9. The molecule has 3 rings (SSSR count). The highest BCUT2D eigenvalue weighted by atomic mass is 35.5. The van der Waals surface area contributed by atoms with Crippen molar-refractivity contribution in [2.75, 3.05) is 6.79 Å². The highest BCUT2D eigenvalue weighted by Gasteiger charge is 2.17. The van der Waals surface area contributed by atoms with Gasteiger partial charge in [0, 0.05) is 10.9 Å². The number of hydrogen-bond donors (Lipinski definition) is 0. The van der Waals surface area contributed by atoms with Gasteiger partial charge in [-0.05, 0) is 35.7 Å². The minimum absolute atomic E-state index is 0.250. The molecule has 0 saturated carbocycles. The Labute approximate surface area is 122 Å². The molecule has 2 aromatic rings. The van der Waals surface area contributed by atoms with Crippen LogP contribution in [0.5, 0.6) is 11.5 Å². The van der Waals surface area contributed by atoms with Crippen molar-refractivity contribution in [1.82, 2.24) is 0 Å². The van der Waals surface area contributed by atoms with Crippen molar-refractivity contribution in [2.24, 2.45) is 0 Å². The largest absolute Gasteiger partial charge is 0.454 e. The second-order valence-corrected chi connectivity index (χ2v) is 5.06. The first-order chi connectivity index (χ1) is 9.78. The fraction of sp³-hybridized carbons (Fsp3) is 0.188. The molecule has 102 valence electrons. The Bertz CT molecular complexity index is 639. The second kappa shape index (κ2) is 5.55. The Morgan fingerprint density at radius 1 is 1.15 bits per heavy atom. The first kappa shape index (κ1) is 13.0. The molecule has 2 aromatic carbocycles. The van der Waals surface area contributed by atoms with Crippen LogP contribution in [0.25, 0.3) is 0 Å². The molecular formula is C16H13ClO3. The average Bonchev–Trinajstić information content (AvgIpc) is 2.93. The fourth-order valence-electron chi connectivity index (χ4n) is 2.33. The van der Waals surface area contributed by atoms with Gasteiger partial charge in [-0.3, -0.25) is 0 Å². The van der Waals surface area contributed by atoms with Crippen LogP contribution >= 0.6 is 11.6 Å². The van der Waals surface area contributed by atoms with Gasteiger partial charge in [0.25, 0.3) is 0 Å². The third kappa shape index (κ3) is 2.49. The summed E-state index contributed by atoms with van der Waals surface area (Å²) in [7, 11) is 0. The summed E-state index contributed by atoms with van der Waals surface area (Å²) < 4.78 is 10.6. The van der Waals surface area contributed by atoms with Crippen molar-refractivity contribution in [3.8, 4) is 11.5 Å². The van der Waals surface area contributed by atoms with E-state index >= 15 is 0 Å². The Hall–Kier alpha value is -2.00. The summed E-state index contributed by atoms with van der Waals surface area (Å²) in [4.78, 5) is 11.4. The summed E-state index contributed by atoms with van der Waals surface area (Å²) in [6.07, 6.45) is 1.52. The van der Waals surface area contributed by atoms with E-state index in [0.29, 0.717) is 11.4 Å². The maximum absolute atomic E-state index is 11.4. The second-order valence-electron chi connectivity index (χ2n) is 4.66. The summed E-state index contributed by atoms with van der Waals surface area (Å²) in [5.74, 6) is 1.21. The van der Waals surface area contributed by atoms with Crippen LogP contribution in [0.3, 0.4) is 0 Å². The minimum Gasteiger partial charge on any atom is -0.454 e. The number of ether oxygens (including phenoxy) is 2. The number of carbonyl (C=O) groups excluding carboxylic acids is 1. The lowest BCUT2D eigenvalue weighted by Crippen LogP contribution is -2.05. The van der Waals surface area contributed by atoms with Crippen molar-refractivity contribution in [1.29, 1.82) is 0 Å². The molecule has 1 atom stereocenters. The van der Waals surface area contributed by atoms with E-state index in [-0.39, 0.29) is 12.7 Å². The smallest absolute Gasteiger partial charge is 0.231 e. The first-order valence-corrected chi connectivity index (χ1v) is 6.74. The van der Waals surface area contributed by atoms with Crippen LogP contribution in [0.2, 0.25) is 5.02 Å². The van der Waals surface area contributed by atoms with Gasteiger partial charge < -0.3 is 14.3 Å². The molecule has 20 heavy (non-hydrogen) atoms. The number of hydrogen-bond acceptors (Lipinski definition) is 3. The van der Waals surface area contributed by atoms with E-state index in [1.807, 2.05) is 36.4 Å². The molecule has 0 radical (unpaired) electrons. The molecule has 0 N–H and O–H groups in total. The maximum atomic E-state index is 11.4. The summed E-state index contributed by atoms with van der Waals surface area (Å²) in [5, 5.41) is 0.616. The number of halogens is 1. The van der Waals surface area contributed by atoms with E-state index in [4.69, 9.17) is 21.1 Å². The van der Waals surface area contributed by atoms with Crippen LogP contribution < -0.4 is 9.47 Å². The number of benzene rings is 2. The van der Waals surface area contributed by atoms with Crippen LogP contribution in [-0.2, 0) is 11.2 Å². The third-order valence-corrected chi connectivity index (χ3v) is 3.71. The van der Waals surface area contributed by atoms with E-state index in [9.17, 15) is 4.79 Å². The monoisotopic (exact) mass is 288 g/mol. The predicted octanol–water partition coefficient (Wildman–Crippen LogP) is 3.59. The molecule has 0 aromatic heterocycles. The highest BCUT2D eigenvalue weighted by molar-refractivity contribution is 6.31. The molecule has 0 fully saturated rings. The van der Waals surface area contributed by atoms with E-state index in [1.54, 1.807) is 6.07 Å². The van der Waals surface area contributed by atoms with Crippen LogP contribution in [0.1, 0.15) is 17.0 Å². The lowest BCUT2D eigenvalue weighted by Gasteiger charge is -2.12. The van der Waals surface area contributed by atoms with Gasteiger partial charge in [0.15, 0.2) is 11.5 Å². The van der Waals surface area contributed by atoms with Gasteiger partial charge in [-0.1, -0.05) is 35.9 Å². The molecule has 1 heterocycles. The third-order valence-electron chi connectivity index (χ3n) is 3.36. The van der Waals surface area contributed by atoms with Gasteiger partial charge in [-0.15, -0.1) is 0 Å². The maximum Gasteiger partial charge on any atom is 0.231 e. The summed E-state index contributed by atoms with van der Waals surface area (Å²) in [6.45, 7) is 0.250. The number of aldehydes is 1. The van der Waals surface area contributed by atoms with E-state index in [0.717, 1.165) is 28.9 Å². The van der Waals surface area contributed by atoms with Crippen LogP contribution in [0, 0.1) is 0 Å². The lowest BCUT2D eigenvalue weighted by molar-refractivity contribution is -0.109. The normalized spacial score (nSPS) is 14.1. The zero-order valence-electron chi connectivity index (χ0n) is 10.7. The van der Waals surface area contributed by atoms with E-state index < -0.39 is 0 Å². The first-order valence-electron chi connectivity index (χ1n) is 6.36. The number of carbonyl (C=O) groups is 1. The van der Waals surface area contributed by atoms with Crippen LogP contribution in [-0.4, -0.2) is 13.1 Å². The van der Waals surface area contributed by atoms with E-state index in [1.165, 1.54) is 0 Å². The molecule has 4 heteroatoms. The molecule has 1 aliphatic heterocycles. The molecule has 0 saturated heterocycles. The van der Waals surface area contributed by atoms with Gasteiger partial charge in [0.2, 0.25) is 6.79 Å². The summed E-state index contributed by atoms with van der Waals surface area (Å²) >= 11 is 6.15. The standard InChI is InChI=1S/C16H13ClO3/c17-14-4-2-1-3-13(14)12(9-18)7-11-5-6-15-16(8-11)20-10-19-15/h1-6,8-9,12H,7,10H2. The van der Waals surface area contributed by atoms with Gasteiger partial charge in [-0.2, -0.15) is 0 Å². The molecule has 0 amide bonds. The Morgan fingerprint density at radius 3 is 2.75 bits per heavy atom. The van der Waals surface area contributed by atoms with Gasteiger partial charge in [0.05, 0.1) is 0 Å². The number of fused-ring (bicyclic) bond motifs is 1. The highest BCUT2D eigenvalue weighted by Crippen LogP contribution is 2.34. The Balaban J connectivity index is 1.85. The SMILES string of the molecule is O=CC(Cc1ccc2c(c1)OCO2)c1ccccc1Cl. The van der Waals surface area contributed by atoms with Crippen LogP contribution in [0.15, 0.2) is 42.5 Å². The average molecular weight is 289 g/mol. The molecule has 0 aliphatic carbocycles. The van der Waals surface area contributed by atoms with Crippen molar-refractivity contribution >= 4 is 17.9 Å². The molecule has 0 bridgehead atoms. The predicted molar refractivity (Wildman–Crippen MR) is 76.5 cm³/mol. The topological polar surface area (TPSA) is 35.5 Å². The summed E-state index contributed by atoms with van der Waals surface area (Å²) in [5.41, 5.74) is 1.87. The molecular weight excluding hydrogens is 276 g/mol. The zero-order valence-corrected chi connectivity index (χ0v) is 11.5. The molecule has 3 nitrogen and oxygen atoms in total. The minimum atomic E-state index is -0.260.